The maximum Gasteiger partial charge on any atom is 0.244 e. The zero-order valence-electron chi connectivity index (χ0n) is 10.4. The number of sulfonamides is 1. The van der Waals surface area contributed by atoms with Gasteiger partial charge in [0.15, 0.2) is 0 Å². The van der Waals surface area contributed by atoms with E-state index in [1.54, 1.807) is 0 Å². The van der Waals surface area contributed by atoms with Crippen molar-refractivity contribution in [2.75, 3.05) is 19.7 Å². The van der Waals surface area contributed by atoms with E-state index in [4.69, 9.17) is 10.4 Å². The number of hydrogen-bond acceptors (Lipinski definition) is 5. The van der Waals surface area contributed by atoms with Gasteiger partial charge in [-0.15, -0.1) is 0 Å². The Labute approximate surface area is 112 Å². The molecule has 1 fully saturated rings. The van der Waals surface area contributed by atoms with E-state index in [9.17, 15) is 8.42 Å². The van der Waals surface area contributed by atoms with Gasteiger partial charge in [-0.25, -0.2) is 13.4 Å². The third-order valence-corrected chi connectivity index (χ3v) is 5.12. The van der Waals surface area contributed by atoms with E-state index in [1.807, 2.05) is 6.07 Å². The SMILES string of the molecule is N#Cc1ccc(S(=O)(=O)N2CCC(CCO)C2)cn1. The normalized spacial score (nSPS) is 20.3. The molecule has 0 spiro atoms. The van der Waals surface area contributed by atoms with Crippen molar-refractivity contribution in [1.29, 1.82) is 5.26 Å². The van der Waals surface area contributed by atoms with Crippen LogP contribution in [-0.4, -0.2) is 42.5 Å². The molecule has 0 radical (unpaired) electrons. The highest BCUT2D eigenvalue weighted by Crippen LogP contribution is 2.25. The largest absolute Gasteiger partial charge is 0.396 e. The molecule has 7 heteroatoms. The third-order valence-electron chi connectivity index (χ3n) is 3.27. The average Bonchev–Trinajstić information content (AvgIpc) is 2.89. The highest BCUT2D eigenvalue weighted by Gasteiger charge is 2.32. The van der Waals surface area contributed by atoms with Gasteiger partial charge in [0.05, 0.1) is 0 Å². The van der Waals surface area contributed by atoms with Crippen LogP contribution >= 0.6 is 0 Å². The predicted octanol–water partition coefficient (Wildman–Crippen LogP) is 0.346. The summed E-state index contributed by atoms with van der Waals surface area (Å²) in [6, 6.07) is 4.65. The van der Waals surface area contributed by atoms with Crippen molar-refractivity contribution in [3.05, 3.63) is 24.0 Å². The molecule has 1 aromatic heterocycles. The summed E-state index contributed by atoms with van der Waals surface area (Å²) in [5.74, 6) is 0.214. The fourth-order valence-electron chi connectivity index (χ4n) is 2.18. The van der Waals surface area contributed by atoms with Gasteiger partial charge >= 0.3 is 0 Å². The van der Waals surface area contributed by atoms with Crippen molar-refractivity contribution in [2.24, 2.45) is 5.92 Å². The van der Waals surface area contributed by atoms with Gasteiger partial charge < -0.3 is 5.11 Å². The lowest BCUT2D eigenvalue weighted by molar-refractivity contribution is 0.259. The molecule has 1 aliphatic rings. The molecule has 1 N–H and O–H groups in total. The highest BCUT2D eigenvalue weighted by molar-refractivity contribution is 7.89. The monoisotopic (exact) mass is 281 g/mol. The molecule has 2 heterocycles. The standard InChI is InChI=1S/C12H15N3O3S/c13-7-11-1-2-12(8-14-11)19(17,18)15-5-3-10(9-15)4-6-16/h1-2,8,10,16H,3-6,9H2. The van der Waals surface area contributed by atoms with Gasteiger partial charge in [0.2, 0.25) is 10.0 Å². The molecule has 2 rings (SSSR count). The first-order valence-corrected chi connectivity index (χ1v) is 7.49. The molecule has 0 saturated carbocycles. The molecular formula is C12H15N3O3S. The quantitative estimate of drug-likeness (QED) is 0.859. The summed E-state index contributed by atoms with van der Waals surface area (Å²) in [5.41, 5.74) is 0.193. The Morgan fingerprint density at radius 2 is 2.32 bits per heavy atom. The van der Waals surface area contributed by atoms with Crippen LogP contribution in [0.1, 0.15) is 18.5 Å². The van der Waals surface area contributed by atoms with Gasteiger partial charge in [-0.2, -0.15) is 9.57 Å². The van der Waals surface area contributed by atoms with Gasteiger partial charge in [0.1, 0.15) is 16.7 Å². The molecule has 0 aromatic carbocycles. The van der Waals surface area contributed by atoms with E-state index >= 15 is 0 Å². The highest BCUT2D eigenvalue weighted by atomic mass is 32.2. The van der Waals surface area contributed by atoms with Crippen LogP contribution in [0.4, 0.5) is 0 Å². The summed E-state index contributed by atoms with van der Waals surface area (Å²) in [6.45, 7) is 0.979. The maximum absolute atomic E-state index is 12.3. The van der Waals surface area contributed by atoms with E-state index in [0.29, 0.717) is 19.5 Å². The first-order valence-electron chi connectivity index (χ1n) is 6.05. The van der Waals surface area contributed by atoms with Crippen molar-refractivity contribution in [3.8, 4) is 6.07 Å². The van der Waals surface area contributed by atoms with Crippen LogP contribution in [0.15, 0.2) is 23.2 Å². The second-order valence-corrected chi connectivity index (χ2v) is 6.46. The van der Waals surface area contributed by atoms with E-state index < -0.39 is 10.0 Å². The molecule has 102 valence electrons. The molecule has 1 aromatic rings. The lowest BCUT2D eigenvalue weighted by Crippen LogP contribution is -2.29. The molecule has 0 aliphatic carbocycles. The fourth-order valence-corrected chi connectivity index (χ4v) is 3.66. The van der Waals surface area contributed by atoms with Gasteiger partial charge in [-0.3, -0.25) is 0 Å². The fraction of sp³-hybridized carbons (Fsp3) is 0.500. The van der Waals surface area contributed by atoms with Gasteiger partial charge in [0, 0.05) is 25.9 Å². The summed E-state index contributed by atoms with van der Waals surface area (Å²) >= 11 is 0. The Balaban J connectivity index is 2.16. The van der Waals surface area contributed by atoms with Crippen LogP contribution in [0.25, 0.3) is 0 Å². The first kappa shape index (κ1) is 13.9. The second-order valence-electron chi connectivity index (χ2n) is 4.52. The summed E-state index contributed by atoms with van der Waals surface area (Å²) in [4.78, 5) is 3.89. The number of rotatable bonds is 4. The Morgan fingerprint density at radius 3 is 2.89 bits per heavy atom. The summed E-state index contributed by atoms with van der Waals surface area (Å²) in [6.07, 6.45) is 2.61. The van der Waals surface area contributed by atoms with Gasteiger partial charge in [-0.05, 0) is 30.9 Å². The van der Waals surface area contributed by atoms with Gasteiger partial charge in [-0.1, -0.05) is 0 Å². The number of nitriles is 1. The number of nitrogens with zero attached hydrogens (tertiary/aromatic N) is 3. The van der Waals surface area contributed by atoms with Crippen LogP contribution in [0.3, 0.4) is 0 Å². The van der Waals surface area contributed by atoms with Crippen LogP contribution in [0.2, 0.25) is 0 Å². The molecule has 0 amide bonds. The molecular weight excluding hydrogens is 266 g/mol. The molecule has 1 atom stereocenters. The van der Waals surface area contributed by atoms with E-state index in [-0.39, 0.29) is 23.1 Å². The van der Waals surface area contributed by atoms with Crippen LogP contribution in [0, 0.1) is 17.2 Å². The molecule has 0 bridgehead atoms. The molecule has 6 nitrogen and oxygen atoms in total. The van der Waals surface area contributed by atoms with E-state index in [0.717, 1.165) is 6.42 Å². The van der Waals surface area contributed by atoms with Crippen molar-refractivity contribution in [3.63, 3.8) is 0 Å². The van der Waals surface area contributed by atoms with Gasteiger partial charge in [0.25, 0.3) is 0 Å². The summed E-state index contributed by atoms with van der Waals surface area (Å²) < 4.78 is 26.1. The summed E-state index contributed by atoms with van der Waals surface area (Å²) in [7, 11) is -3.54. The Hall–Kier alpha value is -1.49. The van der Waals surface area contributed by atoms with Crippen molar-refractivity contribution in [1.82, 2.24) is 9.29 Å². The Morgan fingerprint density at radius 1 is 1.53 bits per heavy atom. The van der Waals surface area contributed by atoms with Crippen molar-refractivity contribution < 1.29 is 13.5 Å². The van der Waals surface area contributed by atoms with E-state index in [2.05, 4.69) is 4.98 Å². The number of aromatic nitrogens is 1. The molecule has 19 heavy (non-hydrogen) atoms. The molecule has 1 saturated heterocycles. The number of aliphatic hydroxyl groups is 1. The number of aliphatic hydroxyl groups excluding tert-OH is 1. The number of pyridine rings is 1. The topological polar surface area (TPSA) is 94.3 Å². The average molecular weight is 281 g/mol. The second kappa shape index (κ2) is 5.65. The smallest absolute Gasteiger partial charge is 0.244 e. The third kappa shape index (κ3) is 2.92. The molecule has 1 aliphatic heterocycles. The zero-order chi connectivity index (χ0) is 13.9. The van der Waals surface area contributed by atoms with E-state index in [1.165, 1.54) is 22.6 Å². The number of hydrogen-bond donors (Lipinski definition) is 1. The van der Waals surface area contributed by atoms with Crippen LogP contribution in [-0.2, 0) is 10.0 Å². The lowest BCUT2D eigenvalue weighted by atomic mass is 10.1. The minimum absolute atomic E-state index is 0.0803. The minimum atomic E-state index is -3.54. The minimum Gasteiger partial charge on any atom is -0.396 e. The Bertz CT molecular complexity index is 577. The Kier molecular flexibility index (Phi) is 4.14. The first-order chi connectivity index (χ1) is 9.07. The van der Waals surface area contributed by atoms with Crippen molar-refractivity contribution in [2.45, 2.75) is 17.7 Å². The van der Waals surface area contributed by atoms with Crippen LogP contribution in [0.5, 0.6) is 0 Å². The zero-order valence-corrected chi connectivity index (χ0v) is 11.2. The summed E-state index contributed by atoms with van der Waals surface area (Å²) in [5, 5.41) is 17.5. The van der Waals surface area contributed by atoms with Crippen molar-refractivity contribution >= 4 is 10.0 Å². The maximum atomic E-state index is 12.3. The lowest BCUT2D eigenvalue weighted by Gasteiger charge is -2.16. The molecule has 1 unspecified atom stereocenters. The van der Waals surface area contributed by atoms with Crippen LogP contribution < -0.4 is 0 Å². The predicted molar refractivity (Wildman–Crippen MR) is 67.5 cm³/mol.